The van der Waals surface area contributed by atoms with E-state index in [1.54, 1.807) is 12.1 Å². The number of nitrogens with zero attached hydrogens (tertiary/aromatic N) is 3. The van der Waals surface area contributed by atoms with Crippen LogP contribution in [0, 0.1) is 11.9 Å². The number of fused-ring (bicyclic) bond motifs is 1. The highest BCUT2D eigenvalue weighted by molar-refractivity contribution is 5.65. The molecule has 1 aliphatic carbocycles. The van der Waals surface area contributed by atoms with Crippen LogP contribution in [0.25, 0.3) is 16.9 Å². The highest BCUT2D eigenvalue weighted by atomic mass is 19.4. The third kappa shape index (κ3) is 4.51. The summed E-state index contributed by atoms with van der Waals surface area (Å²) in [6.45, 7) is 3.65. The molecule has 0 atom stereocenters. The number of imidazole rings is 1. The van der Waals surface area contributed by atoms with Crippen molar-refractivity contribution in [1.29, 1.82) is 0 Å². The molecule has 5 nitrogen and oxygen atoms in total. The van der Waals surface area contributed by atoms with Crippen LogP contribution >= 0.6 is 0 Å². The molecule has 0 saturated heterocycles. The van der Waals surface area contributed by atoms with Gasteiger partial charge < -0.3 is 10.4 Å². The summed E-state index contributed by atoms with van der Waals surface area (Å²) in [6, 6.07) is 7.88. The third-order valence-electron chi connectivity index (χ3n) is 5.98. The highest BCUT2D eigenvalue weighted by Crippen LogP contribution is 2.35. The standard InChI is InChI=1S/C22H24F4N4O/c1-21(2,31)14-6-8-16(9-7-14)27-17-10-11-18-28-20(23)19(30(18)29-17)13-4-3-5-15(12-13)22(24,25)26/h3-5,10-12,14,16,31H,6-9H2,1-2H3,(H,27,29). The van der Waals surface area contributed by atoms with E-state index < -0.39 is 23.3 Å². The molecule has 2 heterocycles. The Morgan fingerprint density at radius 2 is 1.77 bits per heavy atom. The highest BCUT2D eigenvalue weighted by Gasteiger charge is 2.32. The first kappa shape index (κ1) is 21.5. The fourth-order valence-electron chi connectivity index (χ4n) is 4.22. The zero-order valence-corrected chi connectivity index (χ0v) is 17.2. The van der Waals surface area contributed by atoms with Gasteiger partial charge >= 0.3 is 6.18 Å². The van der Waals surface area contributed by atoms with Gasteiger partial charge in [-0.05, 0) is 69.7 Å². The van der Waals surface area contributed by atoms with Gasteiger partial charge in [0.25, 0.3) is 0 Å². The van der Waals surface area contributed by atoms with Gasteiger partial charge in [0, 0.05) is 11.6 Å². The quantitative estimate of drug-likeness (QED) is 0.545. The number of aliphatic hydroxyl groups is 1. The van der Waals surface area contributed by atoms with Crippen molar-refractivity contribution in [3.05, 3.63) is 47.9 Å². The molecular formula is C22H24F4N4O. The van der Waals surface area contributed by atoms with E-state index >= 15 is 0 Å². The van der Waals surface area contributed by atoms with Crippen LogP contribution in [0.15, 0.2) is 36.4 Å². The molecule has 1 aromatic carbocycles. The largest absolute Gasteiger partial charge is 0.416 e. The summed E-state index contributed by atoms with van der Waals surface area (Å²) in [5.41, 5.74) is -1.43. The van der Waals surface area contributed by atoms with Crippen molar-refractivity contribution < 1.29 is 22.7 Å². The Morgan fingerprint density at radius 3 is 2.42 bits per heavy atom. The van der Waals surface area contributed by atoms with Crippen LogP contribution in [0.1, 0.15) is 45.1 Å². The number of hydrogen-bond donors (Lipinski definition) is 2. The zero-order valence-electron chi connectivity index (χ0n) is 17.2. The van der Waals surface area contributed by atoms with Crippen molar-refractivity contribution >= 4 is 11.5 Å². The van der Waals surface area contributed by atoms with Crippen LogP contribution in [0.4, 0.5) is 23.4 Å². The normalized spacial score (nSPS) is 20.2. The van der Waals surface area contributed by atoms with Crippen LogP contribution in [0.2, 0.25) is 0 Å². The van der Waals surface area contributed by atoms with E-state index in [0.717, 1.165) is 37.8 Å². The van der Waals surface area contributed by atoms with Crippen LogP contribution in [-0.4, -0.2) is 31.3 Å². The SMILES string of the molecule is CC(C)(O)C1CCC(Nc2ccc3nc(F)c(-c4cccc(C(F)(F)F)c4)n3n2)CC1. The fourth-order valence-corrected chi connectivity index (χ4v) is 4.22. The minimum Gasteiger partial charge on any atom is -0.390 e. The smallest absolute Gasteiger partial charge is 0.390 e. The summed E-state index contributed by atoms with van der Waals surface area (Å²) in [5.74, 6) is -0.157. The maximum Gasteiger partial charge on any atom is 0.416 e. The molecular weight excluding hydrogens is 412 g/mol. The zero-order chi connectivity index (χ0) is 22.4. The Kier molecular flexibility index (Phi) is 5.41. The Hall–Kier alpha value is -2.68. The number of rotatable bonds is 4. The van der Waals surface area contributed by atoms with Gasteiger partial charge in [0.2, 0.25) is 5.95 Å². The lowest BCUT2D eigenvalue weighted by atomic mass is 9.77. The molecule has 0 bridgehead atoms. The van der Waals surface area contributed by atoms with Gasteiger partial charge in [-0.2, -0.15) is 22.5 Å². The fraction of sp³-hybridized carbons (Fsp3) is 0.455. The number of aromatic nitrogens is 3. The van der Waals surface area contributed by atoms with Crippen molar-refractivity contribution in [2.24, 2.45) is 5.92 Å². The monoisotopic (exact) mass is 436 g/mol. The summed E-state index contributed by atoms with van der Waals surface area (Å²) >= 11 is 0. The van der Waals surface area contributed by atoms with Crippen LogP contribution < -0.4 is 5.32 Å². The third-order valence-corrected chi connectivity index (χ3v) is 5.98. The molecule has 31 heavy (non-hydrogen) atoms. The lowest BCUT2D eigenvalue weighted by molar-refractivity contribution is -0.137. The van der Waals surface area contributed by atoms with Gasteiger partial charge in [-0.3, -0.25) is 0 Å². The topological polar surface area (TPSA) is 62.5 Å². The van der Waals surface area contributed by atoms with Crippen molar-refractivity contribution in [2.75, 3.05) is 5.32 Å². The van der Waals surface area contributed by atoms with E-state index in [0.29, 0.717) is 5.82 Å². The minimum absolute atomic E-state index is 0.0511. The van der Waals surface area contributed by atoms with Gasteiger partial charge in [-0.1, -0.05) is 12.1 Å². The lowest BCUT2D eigenvalue weighted by Crippen LogP contribution is -2.37. The van der Waals surface area contributed by atoms with Gasteiger partial charge in [-0.15, -0.1) is 5.10 Å². The summed E-state index contributed by atoms with van der Waals surface area (Å²) in [5, 5.41) is 17.9. The maximum atomic E-state index is 14.6. The Bertz CT molecular complexity index is 1080. The summed E-state index contributed by atoms with van der Waals surface area (Å²) in [7, 11) is 0. The van der Waals surface area contributed by atoms with Crippen molar-refractivity contribution in [1.82, 2.24) is 14.6 Å². The predicted molar refractivity (Wildman–Crippen MR) is 109 cm³/mol. The molecule has 2 N–H and O–H groups in total. The first-order chi connectivity index (χ1) is 14.5. The van der Waals surface area contributed by atoms with Crippen molar-refractivity contribution in [2.45, 2.75) is 57.3 Å². The van der Waals surface area contributed by atoms with E-state index in [4.69, 9.17) is 0 Å². The number of anilines is 1. The molecule has 4 rings (SSSR count). The van der Waals surface area contributed by atoms with E-state index in [-0.39, 0.29) is 28.9 Å². The number of halogens is 4. The molecule has 0 aliphatic heterocycles. The second-order valence-electron chi connectivity index (χ2n) is 8.66. The average molecular weight is 436 g/mol. The van der Waals surface area contributed by atoms with Gasteiger partial charge in [-0.25, -0.2) is 4.52 Å². The summed E-state index contributed by atoms with van der Waals surface area (Å²) < 4.78 is 55.1. The Balaban J connectivity index is 1.60. The summed E-state index contributed by atoms with van der Waals surface area (Å²) in [4.78, 5) is 3.80. The number of nitrogens with one attached hydrogen (secondary N) is 1. The van der Waals surface area contributed by atoms with Crippen LogP contribution in [-0.2, 0) is 6.18 Å². The molecule has 1 fully saturated rings. The number of hydrogen-bond acceptors (Lipinski definition) is 4. The maximum absolute atomic E-state index is 14.6. The van der Waals surface area contributed by atoms with E-state index in [2.05, 4.69) is 15.4 Å². The molecule has 3 aromatic rings. The molecule has 0 radical (unpaired) electrons. The minimum atomic E-state index is -4.53. The average Bonchev–Trinajstić information content (AvgIpc) is 3.02. The first-order valence-electron chi connectivity index (χ1n) is 10.2. The molecule has 0 unspecified atom stereocenters. The molecule has 1 saturated carbocycles. The molecule has 166 valence electrons. The molecule has 2 aromatic heterocycles. The predicted octanol–water partition coefficient (Wildman–Crippen LogP) is 5.30. The van der Waals surface area contributed by atoms with E-state index in [9.17, 15) is 22.7 Å². The van der Waals surface area contributed by atoms with Gasteiger partial charge in [0.05, 0.1) is 11.2 Å². The molecule has 0 amide bonds. The second kappa shape index (κ2) is 7.78. The lowest BCUT2D eigenvalue weighted by Gasteiger charge is -2.36. The summed E-state index contributed by atoms with van der Waals surface area (Å²) in [6.07, 6.45) is -1.08. The Morgan fingerprint density at radius 1 is 1.06 bits per heavy atom. The van der Waals surface area contributed by atoms with Gasteiger partial charge in [0.15, 0.2) is 5.65 Å². The Labute approximate surface area is 177 Å². The van der Waals surface area contributed by atoms with E-state index in [1.165, 1.54) is 16.6 Å². The molecule has 1 aliphatic rings. The second-order valence-corrected chi connectivity index (χ2v) is 8.66. The van der Waals surface area contributed by atoms with E-state index in [1.807, 2.05) is 13.8 Å². The van der Waals surface area contributed by atoms with Crippen LogP contribution in [0.5, 0.6) is 0 Å². The van der Waals surface area contributed by atoms with Crippen molar-refractivity contribution in [3.63, 3.8) is 0 Å². The first-order valence-corrected chi connectivity index (χ1v) is 10.2. The molecule has 0 spiro atoms. The number of benzene rings is 1. The number of alkyl halides is 3. The van der Waals surface area contributed by atoms with Gasteiger partial charge in [0.1, 0.15) is 11.5 Å². The van der Waals surface area contributed by atoms with Crippen molar-refractivity contribution in [3.8, 4) is 11.3 Å². The van der Waals surface area contributed by atoms with Crippen LogP contribution in [0.3, 0.4) is 0 Å². The molecule has 9 heteroatoms.